The van der Waals surface area contributed by atoms with Gasteiger partial charge in [0, 0.05) is 28.1 Å². The zero-order valence-corrected chi connectivity index (χ0v) is 14.2. The highest BCUT2D eigenvalue weighted by atomic mass is 35.5. The van der Waals surface area contributed by atoms with Gasteiger partial charge in [-0.05, 0) is 30.7 Å². The maximum atomic E-state index is 12.0. The summed E-state index contributed by atoms with van der Waals surface area (Å²) in [5.41, 5.74) is 1.71. The van der Waals surface area contributed by atoms with Crippen molar-refractivity contribution >= 4 is 17.6 Å². The monoisotopic (exact) mass is 346 g/mol. The molecule has 2 aromatic rings. The van der Waals surface area contributed by atoms with Crippen LogP contribution in [0.3, 0.4) is 0 Å². The molecule has 0 radical (unpaired) electrons. The number of carbonyl (C=O) groups excluding carboxylic acids is 1. The van der Waals surface area contributed by atoms with Crippen molar-refractivity contribution in [3.8, 4) is 17.2 Å². The molecule has 0 bridgehead atoms. The van der Waals surface area contributed by atoms with Crippen molar-refractivity contribution in [1.82, 2.24) is 0 Å². The lowest BCUT2D eigenvalue weighted by Crippen LogP contribution is -2.21. The number of hydrogen-bond acceptors (Lipinski definition) is 4. The third-order valence-electron chi connectivity index (χ3n) is 4.07. The van der Waals surface area contributed by atoms with Gasteiger partial charge in [-0.3, -0.25) is 4.79 Å². The quantitative estimate of drug-likeness (QED) is 0.486. The van der Waals surface area contributed by atoms with Crippen LogP contribution in [-0.4, -0.2) is 17.7 Å². The first-order valence-corrected chi connectivity index (χ1v) is 8.42. The van der Waals surface area contributed by atoms with E-state index in [1.54, 1.807) is 18.2 Å². The third kappa shape index (κ3) is 3.49. The maximum Gasteiger partial charge on any atom is 0.312 e. The van der Waals surface area contributed by atoms with E-state index in [1.807, 2.05) is 12.1 Å². The molecule has 1 atom stereocenters. The molecule has 5 heteroatoms. The van der Waals surface area contributed by atoms with E-state index in [9.17, 15) is 9.90 Å². The highest BCUT2D eigenvalue weighted by Crippen LogP contribution is 2.43. The molecule has 1 N–H and O–H groups in total. The Morgan fingerprint density at radius 2 is 2.08 bits per heavy atom. The fourth-order valence-electron chi connectivity index (χ4n) is 2.87. The number of phenols is 1. The Hall–Kier alpha value is -2.20. The molecule has 0 spiro atoms. The average molecular weight is 347 g/mol. The Balaban J connectivity index is 2.02. The smallest absolute Gasteiger partial charge is 0.312 e. The number of fused-ring (bicyclic) bond motifs is 1. The molecule has 4 nitrogen and oxygen atoms in total. The van der Waals surface area contributed by atoms with Gasteiger partial charge >= 0.3 is 5.97 Å². The Bertz CT molecular complexity index is 757. The fourth-order valence-corrected chi connectivity index (χ4v) is 3.05. The Morgan fingerprint density at radius 3 is 2.88 bits per heavy atom. The van der Waals surface area contributed by atoms with Crippen LogP contribution in [0.4, 0.5) is 0 Å². The zero-order valence-electron chi connectivity index (χ0n) is 13.4. The SMILES string of the molecule is CCCCOc1ccc(Cl)cc1C1CC(=O)Oc2cc(O)ccc21. The molecule has 24 heavy (non-hydrogen) atoms. The molecule has 0 fully saturated rings. The summed E-state index contributed by atoms with van der Waals surface area (Å²) in [6.45, 7) is 2.72. The highest BCUT2D eigenvalue weighted by Gasteiger charge is 2.30. The van der Waals surface area contributed by atoms with Gasteiger partial charge in [0.25, 0.3) is 0 Å². The molecule has 0 aliphatic carbocycles. The second-order valence-electron chi connectivity index (χ2n) is 5.84. The lowest BCUT2D eigenvalue weighted by atomic mass is 9.86. The van der Waals surface area contributed by atoms with Gasteiger partial charge in [-0.25, -0.2) is 0 Å². The molecule has 126 valence electrons. The number of halogens is 1. The topological polar surface area (TPSA) is 55.8 Å². The minimum atomic E-state index is -0.336. The largest absolute Gasteiger partial charge is 0.508 e. The lowest BCUT2D eigenvalue weighted by Gasteiger charge is -2.26. The number of phenolic OH excluding ortho intramolecular Hbond substituents is 1. The maximum absolute atomic E-state index is 12.0. The number of unbranched alkanes of at least 4 members (excludes halogenated alkanes) is 1. The lowest BCUT2D eigenvalue weighted by molar-refractivity contribution is -0.135. The van der Waals surface area contributed by atoms with E-state index in [0.29, 0.717) is 17.4 Å². The van der Waals surface area contributed by atoms with Gasteiger partial charge in [-0.15, -0.1) is 0 Å². The van der Waals surface area contributed by atoms with E-state index in [2.05, 4.69) is 6.92 Å². The van der Waals surface area contributed by atoms with E-state index >= 15 is 0 Å². The van der Waals surface area contributed by atoms with Crippen LogP contribution in [0.5, 0.6) is 17.2 Å². The molecule has 0 amide bonds. The summed E-state index contributed by atoms with van der Waals surface area (Å²) < 4.78 is 11.2. The summed E-state index contributed by atoms with van der Waals surface area (Å²) in [5.74, 6) is 0.629. The first kappa shape index (κ1) is 16.7. The second kappa shape index (κ2) is 7.14. The minimum Gasteiger partial charge on any atom is -0.508 e. The summed E-state index contributed by atoms with van der Waals surface area (Å²) in [6, 6.07) is 10.3. The Kier molecular flexibility index (Phi) is 4.95. The van der Waals surface area contributed by atoms with Crippen LogP contribution in [0.2, 0.25) is 5.02 Å². The van der Waals surface area contributed by atoms with Gasteiger partial charge in [0.05, 0.1) is 13.0 Å². The molecule has 3 rings (SSSR count). The number of hydrogen-bond donors (Lipinski definition) is 1. The van der Waals surface area contributed by atoms with Gasteiger partial charge < -0.3 is 14.6 Å². The van der Waals surface area contributed by atoms with E-state index in [-0.39, 0.29) is 24.1 Å². The van der Waals surface area contributed by atoms with Crippen LogP contribution in [0.15, 0.2) is 36.4 Å². The molecule has 2 aromatic carbocycles. The van der Waals surface area contributed by atoms with E-state index in [1.165, 1.54) is 6.07 Å². The number of rotatable bonds is 5. The van der Waals surface area contributed by atoms with Crippen LogP contribution in [0.25, 0.3) is 0 Å². The average Bonchev–Trinajstić information content (AvgIpc) is 2.55. The third-order valence-corrected chi connectivity index (χ3v) is 4.30. The van der Waals surface area contributed by atoms with E-state index in [4.69, 9.17) is 21.1 Å². The van der Waals surface area contributed by atoms with Crippen molar-refractivity contribution in [2.24, 2.45) is 0 Å². The predicted octanol–water partition coefficient (Wildman–Crippen LogP) is 4.67. The van der Waals surface area contributed by atoms with Crippen molar-refractivity contribution in [3.63, 3.8) is 0 Å². The number of esters is 1. The van der Waals surface area contributed by atoms with Crippen LogP contribution >= 0.6 is 11.6 Å². The Morgan fingerprint density at radius 1 is 1.25 bits per heavy atom. The van der Waals surface area contributed by atoms with Gasteiger partial charge in [-0.1, -0.05) is 31.0 Å². The molecule has 1 heterocycles. The standard InChI is InChI=1S/C19H19ClO4/c1-2-3-8-23-17-7-4-12(20)9-16(17)15-11-19(22)24-18-10-13(21)5-6-14(15)18/h4-7,9-10,15,21H,2-3,8,11H2,1H3. The van der Waals surface area contributed by atoms with Gasteiger partial charge in [0.15, 0.2) is 0 Å². The fraction of sp³-hybridized carbons (Fsp3) is 0.316. The number of aromatic hydroxyl groups is 1. The normalized spacial score (nSPS) is 16.4. The zero-order chi connectivity index (χ0) is 17.1. The molecule has 1 aliphatic rings. The number of carbonyl (C=O) groups is 1. The van der Waals surface area contributed by atoms with Crippen molar-refractivity contribution in [2.75, 3.05) is 6.61 Å². The van der Waals surface area contributed by atoms with Crippen LogP contribution in [0, 0.1) is 0 Å². The highest BCUT2D eigenvalue weighted by molar-refractivity contribution is 6.30. The molecule has 0 aromatic heterocycles. The molecular weight excluding hydrogens is 328 g/mol. The van der Waals surface area contributed by atoms with Crippen molar-refractivity contribution in [1.29, 1.82) is 0 Å². The number of benzene rings is 2. The van der Waals surface area contributed by atoms with Crippen molar-refractivity contribution in [2.45, 2.75) is 32.1 Å². The molecule has 0 saturated heterocycles. The van der Waals surface area contributed by atoms with Gasteiger partial charge in [-0.2, -0.15) is 0 Å². The van der Waals surface area contributed by atoms with Crippen LogP contribution < -0.4 is 9.47 Å². The molecular formula is C19H19ClO4. The van der Waals surface area contributed by atoms with Crippen molar-refractivity contribution in [3.05, 3.63) is 52.5 Å². The van der Waals surface area contributed by atoms with Crippen LogP contribution in [-0.2, 0) is 4.79 Å². The second-order valence-corrected chi connectivity index (χ2v) is 6.27. The number of ether oxygens (including phenoxy) is 2. The summed E-state index contributed by atoms with van der Waals surface area (Å²) in [5, 5.41) is 10.2. The molecule has 0 saturated carbocycles. The molecule has 1 unspecified atom stereocenters. The summed E-state index contributed by atoms with van der Waals surface area (Å²) in [4.78, 5) is 12.0. The van der Waals surface area contributed by atoms with E-state index < -0.39 is 0 Å². The van der Waals surface area contributed by atoms with Crippen molar-refractivity contribution < 1.29 is 19.4 Å². The summed E-state index contributed by atoms with van der Waals surface area (Å²) in [6.07, 6.45) is 2.21. The van der Waals surface area contributed by atoms with Crippen LogP contribution in [0.1, 0.15) is 43.2 Å². The summed E-state index contributed by atoms with van der Waals surface area (Å²) >= 11 is 6.17. The van der Waals surface area contributed by atoms with Gasteiger partial charge in [0.2, 0.25) is 0 Å². The first-order valence-electron chi connectivity index (χ1n) is 8.04. The first-order chi connectivity index (χ1) is 11.6. The van der Waals surface area contributed by atoms with E-state index in [0.717, 1.165) is 29.7 Å². The predicted molar refractivity (Wildman–Crippen MR) is 92.1 cm³/mol. The van der Waals surface area contributed by atoms with Gasteiger partial charge in [0.1, 0.15) is 17.2 Å². The summed E-state index contributed by atoms with van der Waals surface area (Å²) in [7, 11) is 0. The minimum absolute atomic E-state index is 0.0627. The Labute approximate surface area is 146 Å². The molecule has 1 aliphatic heterocycles.